The number of carbonyl (C=O) groups is 1. The van der Waals surface area contributed by atoms with Gasteiger partial charge in [0.2, 0.25) is 0 Å². The lowest BCUT2D eigenvalue weighted by atomic mass is 10.2. The summed E-state index contributed by atoms with van der Waals surface area (Å²) in [7, 11) is 1.61. The molecule has 3 aromatic rings. The molecule has 0 aliphatic carbocycles. The second kappa shape index (κ2) is 8.80. The van der Waals surface area contributed by atoms with Crippen LogP contribution >= 0.6 is 0 Å². The van der Waals surface area contributed by atoms with E-state index in [9.17, 15) is 4.79 Å². The number of hydrogen-bond acceptors (Lipinski definition) is 5. The first kappa shape index (κ1) is 18.4. The number of aromatic nitrogens is 2. The van der Waals surface area contributed by atoms with Gasteiger partial charge in [0.05, 0.1) is 7.11 Å². The van der Waals surface area contributed by atoms with E-state index in [1.807, 2.05) is 66.4 Å². The third-order valence-electron chi connectivity index (χ3n) is 4.18. The lowest BCUT2D eigenvalue weighted by Crippen LogP contribution is -2.25. The van der Waals surface area contributed by atoms with Crippen LogP contribution in [-0.2, 0) is 6.54 Å². The van der Waals surface area contributed by atoms with Gasteiger partial charge in [0.1, 0.15) is 23.6 Å². The number of nitrogens with zero attached hydrogens (tertiary/aromatic N) is 3. The average molecular weight is 362 g/mol. The third-order valence-corrected chi connectivity index (χ3v) is 4.18. The van der Waals surface area contributed by atoms with Crippen LogP contribution in [0.4, 0.5) is 11.5 Å². The van der Waals surface area contributed by atoms with Gasteiger partial charge in [-0.25, -0.2) is 9.97 Å². The number of rotatable bonds is 7. The van der Waals surface area contributed by atoms with Gasteiger partial charge >= 0.3 is 0 Å². The minimum absolute atomic E-state index is 0.256. The lowest BCUT2D eigenvalue weighted by Gasteiger charge is -2.22. The Balaban J connectivity index is 1.75. The molecule has 6 heteroatoms. The van der Waals surface area contributed by atoms with Crippen molar-refractivity contribution < 1.29 is 9.53 Å². The van der Waals surface area contributed by atoms with Gasteiger partial charge in [-0.2, -0.15) is 0 Å². The molecule has 0 aliphatic heterocycles. The topological polar surface area (TPSA) is 67.4 Å². The van der Waals surface area contributed by atoms with Crippen LogP contribution in [0.2, 0.25) is 0 Å². The standard InChI is InChI=1S/C21H22N4O2/c1-3-25(17-10-5-4-6-11-17)20-13-18(23-15-24-20)21(26)22-14-16-9-7-8-12-19(16)27-2/h4-13,15H,3,14H2,1-2H3,(H,22,26). The van der Waals surface area contributed by atoms with E-state index in [0.29, 0.717) is 18.1 Å². The average Bonchev–Trinajstić information content (AvgIpc) is 2.74. The minimum atomic E-state index is -0.256. The molecule has 27 heavy (non-hydrogen) atoms. The molecule has 1 aromatic heterocycles. The SMILES string of the molecule is CCN(c1ccccc1)c1cc(C(=O)NCc2ccccc2OC)ncn1. The van der Waals surface area contributed by atoms with Crippen LogP contribution < -0.4 is 15.0 Å². The summed E-state index contributed by atoms with van der Waals surface area (Å²) in [6.07, 6.45) is 1.42. The number of para-hydroxylation sites is 2. The van der Waals surface area contributed by atoms with Crippen molar-refractivity contribution in [1.29, 1.82) is 0 Å². The van der Waals surface area contributed by atoms with Crippen LogP contribution in [0, 0.1) is 0 Å². The Bertz CT molecular complexity index is 899. The van der Waals surface area contributed by atoms with Crippen LogP contribution in [0.5, 0.6) is 5.75 Å². The molecule has 2 aromatic carbocycles. The summed E-state index contributed by atoms with van der Waals surface area (Å²) in [5, 5.41) is 2.89. The Hall–Kier alpha value is -3.41. The van der Waals surface area contributed by atoms with E-state index in [4.69, 9.17) is 4.74 Å². The van der Waals surface area contributed by atoms with Crippen molar-refractivity contribution in [2.45, 2.75) is 13.5 Å². The molecule has 0 bridgehead atoms. The van der Waals surface area contributed by atoms with Crippen LogP contribution in [-0.4, -0.2) is 29.5 Å². The van der Waals surface area contributed by atoms with E-state index < -0.39 is 0 Å². The number of amides is 1. The molecular formula is C21H22N4O2. The highest BCUT2D eigenvalue weighted by Gasteiger charge is 2.14. The Kier molecular flexibility index (Phi) is 5.99. The van der Waals surface area contributed by atoms with Gasteiger partial charge in [-0.15, -0.1) is 0 Å². The fourth-order valence-corrected chi connectivity index (χ4v) is 2.82. The molecule has 1 N–H and O–H groups in total. The number of ether oxygens (including phenoxy) is 1. The molecule has 0 fully saturated rings. The van der Waals surface area contributed by atoms with Crippen LogP contribution in [0.1, 0.15) is 23.0 Å². The molecule has 0 saturated heterocycles. The van der Waals surface area contributed by atoms with Crippen molar-refractivity contribution in [2.75, 3.05) is 18.6 Å². The molecule has 0 atom stereocenters. The molecule has 138 valence electrons. The molecule has 1 amide bonds. The molecule has 0 radical (unpaired) electrons. The molecule has 0 unspecified atom stereocenters. The van der Waals surface area contributed by atoms with Crippen molar-refractivity contribution >= 4 is 17.4 Å². The zero-order chi connectivity index (χ0) is 19.1. The van der Waals surface area contributed by atoms with E-state index >= 15 is 0 Å². The molecule has 0 aliphatic rings. The van der Waals surface area contributed by atoms with Crippen molar-refractivity contribution in [3.8, 4) is 5.75 Å². The van der Waals surface area contributed by atoms with Gasteiger partial charge in [0.25, 0.3) is 5.91 Å². The largest absolute Gasteiger partial charge is 0.496 e. The Labute approximate surface area is 158 Å². The normalized spacial score (nSPS) is 10.3. The lowest BCUT2D eigenvalue weighted by molar-refractivity contribution is 0.0945. The van der Waals surface area contributed by atoms with Gasteiger partial charge in [-0.1, -0.05) is 36.4 Å². The summed E-state index contributed by atoms with van der Waals surface area (Å²) < 4.78 is 5.31. The number of carbonyl (C=O) groups excluding carboxylic acids is 1. The van der Waals surface area contributed by atoms with Crippen molar-refractivity contribution in [3.05, 3.63) is 78.2 Å². The summed E-state index contributed by atoms with van der Waals surface area (Å²) in [5.74, 6) is 1.16. The fourth-order valence-electron chi connectivity index (χ4n) is 2.82. The second-order valence-electron chi connectivity index (χ2n) is 5.84. The number of methoxy groups -OCH3 is 1. The van der Waals surface area contributed by atoms with Crippen molar-refractivity contribution in [2.24, 2.45) is 0 Å². The summed E-state index contributed by atoms with van der Waals surface area (Å²) in [4.78, 5) is 23.0. The zero-order valence-corrected chi connectivity index (χ0v) is 15.4. The first-order chi connectivity index (χ1) is 13.2. The van der Waals surface area contributed by atoms with Crippen LogP contribution in [0.3, 0.4) is 0 Å². The maximum atomic E-state index is 12.6. The monoisotopic (exact) mass is 362 g/mol. The number of hydrogen-bond donors (Lipinski definition) is 1. The first-order valence-corrected chi connectivity index (χ1v) is 8.77. The van der Waals surface area contributed by atoms with Gasteiger partial charge in [0, 0.05) is 30.4 Å². The smallest absolute Gasteiger partial charge is 0.270 e. The van der Waals surface area contributed by atoms with E-state index in [-0.39, 0.29) is 5.91 Å². The molecule has 3 rings (SSSR count). The molecule has 1 heterocycles. The van der Waals surface area contributed by atoms with Crippen molar-refractivity contribution in [1.82, 2.24) is 15.3 Å². The molecule has 0 saturated carbocycles. The van der Waals surface area contributed by atoms with E-state index in [1.165, 1.54) is 6.33 Å². The predicted octanol–water partition coefficient (Wildman–Crippen LogP) is 3.57. The van der Waals surface area contributed by atoms with E-state index in [2.05, 4.69) is 15.3 Å². The number of anilines is 2. The van der Waals surface area contributed by atoms with E-state index in [0.717, 1.165) is 23.5 Å². The van der Waals surface area contributed by atoms with Crippen LogP contribution in [0.15, 0.2) is 67.0 Å². The van der Waals surface area contributed by atoms with Gasteiger partial charge in [0.15, 0.2) is 0 Å². The third kappa shape index (κ3) is 4.41. The fraction of sp³-hybridized carbons (Fsp3) is 0.190. The van der Waals surface area contributed by atoms with Gasteiger partial charge in [-0.3, -0.25) is 4.79 Å². The summed E-state index contributed by atoms with van der Waals surface area (Å²) in [6, 6.07) is 19.2. The predicted molar refractivity (Wildman–Crippen MR) is 105 cm³/mol. The highest BCUT2D eigenvalue weighted by atomic mass is 16.5. The highest BCUT2D eigenvalue weighted by molar-refractivity contribution is 5.93. The maximum absolute atomic E-state index is 12.6. The van der Waals surface area contributed by atoms with E-state index in [1.54, 1.807) is 13.2 Å². The molecule has 0 spiro atoms. The van der Waals surface area contributed by atoms with Crippen LogP contribution in [0.25, 0.3) is 0 Å². The number of nitrogens with one attached hydrogen (secondary N) is 1. The zero-order valence-electron chi connectivity index (χ0n) is 15.4. The summed E-state index contributed by atoms with van der Waals surface area (Å²) in [6.45, 7) is 3.12. The Morgan fingerprint density at radius 3 is 2.56 bits per heavy atom. The minimum Gasteiger partial charge on any atom is -0.496 e. The van der Waals surface area contributed by atoms with Crippen molar-refractivity contribution in [3.63, 3.8) is 0 Å². The maximum Gasteiger partial charge on any atom is 0.270 e. The Morgan fingerprint density at radius 2 is 1.81 bits per heavy atom. The summed E-state index contributed by atoms with van der Waals surface area (Å²) >= 11 is 0. The highest BCUT2D eigenvalue weighted by Crippen LogP contribution is 2.23. The molecular weight excluding hydrogens is 340 g/mol. The summed E-state index contributed by atoms with van der Waals surface area (Å²) in [5.41, 5.74) is 2.24. The second-order valence-corrected chi connectivity index (χ2v) is 5.84. The quantitative estimate of drug-likeness (QED) is 0.696. The first-order valence-electron chi connectivity index (χ1n) is 8.77. The van der Waals surface area contributed by atoms with Gasteiger partial charge in [-0.05, 0) is 25.1 Å². The Morgan fingerprint density at radius 1 is 1.07 bits per heavy atom. The van der Waals surface area contributed by atoms with Gasteiger partial charge < -0.3 is 15.0 Å². The number of benzene rings is 2. The molecule has 6 nitrogen and oxygen atoms in total.